The minimum absolute atomic E-state index is 0.172. The molecule has 0 amide bonds. The Labute approximate surface area is 182 Å². The number of nitrogens with one attached hydrogen (secondary N) is 1. The Morgan fingerprint density at radius 3 is 2.80 bits per heavy atom. The van der Waals surface area contributed by atoms with Crippen LogP contribution in [0.4, 0.5) is 5.82 Å². The average molecular weight is 432 g/mol. The Morgan fingerprint density at radius 2 is 1.97 bits per heavy atom. The second-order valence-electron chi connectivity index (χ2n) is 8.87. The van der Waals surface area contributed by atoms with Gasteiger partial charge < -0.3 is 19.7 Å². The number of morpholine rings is 2. The first kappa shape index (κ1) is 20.6. The number of nitrogens with zero attached hydrogens (tertiary/aromatic N) is 4. The molecule has 0 bridgehead atoms. The SMILES string of the molecule is CC(Nc1nc(CN2CCOCC2)nc2sc3c(c12)CCCC3)C1CN(C)CCO1. The lowest BCUT2D eigenvalue weighted by atomic mass is 9.97. The molecule has 0 aromatic carbocycles. The van der Waals surface area contributed by atoms with Gasteiger partial charge in [0.15, 0.2) is 0 Å². The van der Waals surface area contributed by atoms with Crippen LogP contribution in [-0.2, 0) is 28.9 Å². The second-order valence-corrected chi connectivity index (χ2v) is 9.96. The van der Waals surface area contributed by atoms with Gasteiger partial charge in [-0.25, -0.2) is 9.97 Å². The van der Waals surface area contributed by atoms with Gasteiger partial charge in [-0.15, -0.1) is 11.3 Å². The number of aryl methyl sites for hydroxylation is 2. The highest BCUT2D eigenvalue weighted by Crippen LogP contribution is 2.39. The van der Waals surface area contributed by atoms with E-state index in [1.807, 2.05) is 11.3 Å². The summed E-state index contributed by atoms with van der Waals surface area (Å²) < 4.78 is 11.6. The van der Waals surface area contributed by atoms with Crippen LogP contribution in [0.5, 0.6) is 0 Å². The molecule has 2 atom stereocenters. The van der Waals surface area contributed by atoms with Gasteiger partial charge in [-0.2, -0.15) is 0 Å². The van der Waals surface area contributed by atoms with Gasteiger partial charge in [0, 0.05) is 31.1 Å². The fraction of sp³-hybridized carbons (Fsp3) is 0.727. The number of ether oxygens (including phenoxy) is 2. The van der Waals surface area contributed by atoms with Gasteiger partial charge in [0.05, 0.1) is 43.9 Å². The average Bonchev–Trinajstić information content (AvgIpc) is 3.13. The molecule has 0 spiro atoms. The second kappa shape index (κ2) is 9.04. The monoisotopic (exact) mass is 431 g/mol. The van der Waals surface area contributed by atoms with Crippen LogP contribution in [0.2, 0.25) is 0 Å². The van der Waals surface area contributed by atoms with Crippen LogP contribution >= 0.6 is 11.3 Å². The normalized spacial score (nSPS) is 24.7. The van der Waals surface area contributed by atoms with Crippen LogP contribution in [0.3, 0.4) is 0 Å². The van der Waals surface area contributed by atoms with E-state index in [0.29, 0.717) is 0 Å². The number of anilines is 1. The summed E-state index contributed by atoms with van der Waals surface area (Å²) in [7, 11) is 2.17. The van der Waals surface area contributed by atoms with Crippen molar-refractivity contribution < 1.29 is 9.47 Å². The molecule has 1 N–H and O–H groups in total. The Hall–Kier alpha value is -1.32. The first-order valence-electron chi connectivity index (χ1n) is 11.4. The molecule has 4 heterocycles. The van der Waals surface area contributed by atoms with Gasteiger partial charge in [0.2, 0.25) is 0 Å². The maximum atomic E-state index is 6.07. The number of thiophene rings is 1. The molecule has 5 rings (SSSR count). The molecule has 2 unspecified atom stereocenters. The van der Waals surface area contributed by atoms with Gasteiger partial charge in [0.25, 0.3) is 0 Å². The molecule has 1 aliphatic carbocycles. The van der Waals surface area contributed by atoms with Gasteiger partial charge in [0.1, 0.15) is 16.5 Å². The molecule has 3 aliphatic rings. The van der Waals surface area contributed by atoms with E-state index >= 15 is 0 Å². The van der Waals surface area contributed by atoms with Gasteiger partial charge in [-0.3, -0.25) is 4.90 Å². The molecule has 8 heteroatoms. The van der Waals surface area contributed by atoms with Crippen molar-refractivity contribution in [3.05, 3.63) is 16.3 Å². The fourth-order valence-corrected chi connectivity index (χ4v) is 6.04. The van der Waals surface area contributed by atoms with Crippen LogP contribution in [0.25, 0.3) is 10.2 Å². The molecule has 2 fully saturated rings. The Balaban J connectivity index is 1.46. The summed E-state index contributed by atoms with van der Waals surface area (Å²) in [6, 6.07) is 0.196. The Morgan fingerprint density at radius 1 is 1.13 bits per heavy atom. The standard InChI is InChI=1S/C22H33N5O2S/c1-15(17-13-26(2)7-12-29-17)23-21-20-16-5-3-4-6-18(16)30-22(20)25-19(24-21)14-27-8-10-28-11-9-27/h15,17H,3-14H2,1-2H3,(H,23,24,25). The highest BCUT2D eigenvalue weighted by molar-refractivity contribution is 7.19. The van der Waals surface area contributed by atoms with Crippen molar-refractivity contribution in [1.29, 1.82) is 0 Å². The van der Waals surface area contributed by atoms with E-state index in [2.05, 4.69) is 29.1 Å². The predicted octanol–water partition coefficient (Wildman–Crippen LogP) is 2.53. The van der Waals surface area contributed by atoms with Crippen LogP contribution in [-0.4, -0.2) is 85.0 Å². The van der Waals surface area contributed by atoms with Crippen molar-refractivity contribution in [3.63, 3.8) is 0 Å². The molecule has 7 nitrogen and oxygen atoms in total. The molecule has 164 valence electrons. The zero-order chi connectivity index (χ0) is 20.5. The van der Waals surface area contributed by atoms with Crippen LogP contribution in [0.15, 0.2) is 0 Å². The van der Waals surface area contributed by atoms with Crippen molar-refractivity contribution in [2.24, 2.45) is 0 Å². The lowest BCUT2D eigenvalue weighted by Crippen LogP contribution is -2.47. The summed E-state index contributed by atoms with van der Waals surface area (Å²) in [5, 5.41) is 5.01. The van der Waals surface area contributed by atoms with E-state index in [4.69, 9.17) is 19.4 Å². The van der Waals surface area contributed by atoms with Gasteiger partial charge in [-0.1, -0.05) is 0 Å². The van der Waals surface area contributed by atoms with Crippen molar-refractivity contribution in [1.82, 2.24) is 19.8 Å². The zero-order valence-corrected chi connectivity index (χ0v) is 19.0. The minimum Gasteiger partial charge on any atom is -0.379 e. The Bertz CT molecular complexity index is 882. The number of hydrogen-bond donors (Lipinski definition) is 1. The quantitative estimate of drug-likeness (QED) is 0.781. The van der Waals surface area contributed by atoms with Crippen molar-refractivity contribution in [2.75, 3.05) is 58.4 Å². The zero-order valence-electron chi connectivity index (χ0n) is 18.2. The molecule has 2 aromatic heterocycles. The van der Waals surface area contributed by atoms with E-state index < -0.39 is 0 Å². The lowest BCUT2D eigenvalue weighted by Gasteiger charge is -2.34. The third-order valence-corrected chi connectivity index (χ3v) is 7.73. The molecule has 30 heavy (non-hydrogen) atoms. The summed E-state index contributed by atoms with van der Waals surface area (Å²) in [5.74, 6) is 1.92. The van der Waals surface area contributed by atoms with Crippen LogP contribution < -0.4 is 5.32 Å². The fourth-order valence-electron chi connectivity index (χ4n) is 4.76. The van der Waals surface area contributed by atoms with E-state index in [0.717, 1.165) is 75.4 Å². The summed E-state index contributed by atoms with van der Waals surface area (Å²) in [5.41, 5.74) is 1.48. The highest BCUT2D eigenvalue weighted by Gasteiger charge is 2.27. The number of fused-ring (bicyclic) bond motifs is 3. The van der Waals surface area contributed by atoms with Crippen molar-refractivity contribution in [2.45, 2.75) is 51.3 Å². The molecule has 2 saturated heterocycles. The molecule has 2 aromatic rings. The topological polar surface area (TPSA) is 62.8 Å². The largest absolute Gasteiger partial charge is 0.379 e. The molecule has 2 aliphatic heterocycles. The Kier molecular flexibility index (Phi) is 6.20. The van der Waals surface area contributed by atoms with Gasteiger partial charge >= 0.3 is 0 Å². The number of hydrogen-bond acceptors (Lipinski definition) is 8. The highest BCUT2D eigenvalue weighted by atomic mass is 32.1. The molecule has 0 saturated carbocycles. The first-order chi connectivity index (χ1) is 14.7. The smallest absolute Gasteiger partial charge is 0.146 e. The summed E-state index contributed by atoms with van der Waals surface area (Å²) >= 11 is 1.88. The molecular formula is C22H33N5O2S. The van der Waals surface area contributed by atoms with E-state index in [1.54, 1.807) is 0 Å². The van der Waals surface area contributed by atoms with Gasteiger partial charge in [-0.05, 0) is 45.2 Å². The van der Waals surface area contributed by atoms with Crippen LogP contribution in [0.1, 0.15) is 36.0 Å². The maximum Gasteiger partial charge on any atom is 0.146 e. The number of rotatable bonds is 5. The maximum absolute atomic E-state index is 6.07. The van der Waals surface area contributed by atoms with E-state index in [9.17, 15) is 0 Å². The van der Waals surface area contributed by atoms with Crippen molar-refractivity contribution >= 4 is 27.4 Å². The summed E-state index contributed by atoms with van der Waals surface area (Å²) in [6.07, 6.45) is 5.05. The summed E-state index contributed by atoms with van der Waals surface area (Å²) in [6.45, 7) is 9.24. The molecular weight excluding hydrogens is 398 g/mol. The third-order valence-electron chi connectivity index (χ3n) is 6.55. The lowest BCUT2D eigenvalue weighted by molar-refractivity contribution is -0.0259. The minimum atomic E-state index is 0.172. The van der Waals surface area contributed by atoms with Crippen LogP contribution in [0, 0.1) is 0 Å². The third kappa shape index (κ3) is 4.34. The number of likely N-dealkylation sites (N-methyl/N-ethyl adjacent to an activating group) is 1. The molecule has 0 radical (unpaired) electrons. The van der Waals surface area contributed by atoms with Crippen molar-refractivity contribution in [3.8, 4) is 0 Å². The van der Waals surface area contributed by atoms with E-state index in [-0.39, 0.29) is 12.1 Å². The summed E-state index contributed by atoms with van der Waals surface area (Å²) in [4.78, 5) is 17.5. The number of aromatic nitrogens is 2. The first-order valence-corrected chi connectivity index (χ1v) is 12.2. The predicted molar refractivity (Wildman–Crippen MR) is 120 cm³/mol. The van der Waals surface area contributed by atoms with E-state index in [1.165, 1.54) is 35.1 Å².